The minimum atomic E-state index is -0.594. The lowest BCUT2D eigenvalue weighted by molar-refractivity contribution is 0.0196. The minimum Gasteiger partial charge on any atom is -0.444 e. The minimum absolute atomic E-state index is 0.273. The van der Waals surface area contributed by atoms with Crippen LogP contribution >= 0.6 is 11.3 Å². The number of pyridine rings is 2. The van der Waals surface area contributed by atoms with Gasteiger partial charge in [-0.3, -0.25) is 9.69 Å². The number of likely N-dealkylation sites (tertiary alicyclic amines) is 1. The van der Waals surface area contributed by atoms with Crippen molar-refractivity contribution in [2.24, 2.45) is 0 Å². The summed E-state index contributed by atoms with van der Waals surface area (Å²) in [7, 11) is 0. The van der Waals surface area contributed by atoms with Gasteiger partial charge in [0, 0.05) is 41.1 Å². The summed E-state index contributed by atoms with van der Waals surface area (Å²) < 4.78 is 6.65. The summed E-state index contributed by atoms with van der Waals surface area (Å²) in [6, 6.07) is 5.02. The molecule has 0 saturated carbocycles. The quantitative estimate of drug-likeness (QED) is 0.496. The van der Waals surface area contributed by atoms with E-state index in [0.29, 0.717) is 24.5 Å². The third-order valence-corrected chi connectivity index (χ3v) is 6.72. The number of piperidine rings is 1. The Hall–Kier alpha value is -3.44. The van der Waals surface area contributed by atoms with Crippen molar-refractivity contribution in [2.45, 2.75) is 52.2 Å². The second kappa shape index (κ2) is 9.43. The number of aromatic nitrogens is 2. The molecule has 3 aromatic heterocycles. The lowest BCUT2D eigenvalue weighted by Gasteiger charge is -2.39. The summed E-state index contributed by atoms with van der Waals surface area (Å²) in [5, 5.41) is 3.00. The van der Waals surface area contributed by atoms with Gasteiger partial charge >= 0.3 is 6.09 Å². The molecule has 3 aromatic rings. The van der Waals surface area contributed by atoms with Gasteiger partial charge < -0.3 is 9.64 Å². The van der Waals surface area contributed by atoms with Crippen LogP contribution in [0.4, 0.5) is 10.6 Å². The van der Waals surface area contributed by atoms with Crippen molar-refractivity contribution in [3.05, 3.63) is 52.8 Å². The van der Waals surface area contributed by atoms with E-state index in [1.807, 2.05) is 33.8 Å². The molecule has 0 N–H and O–H groups in total. The molecule has 4 rings (SSSR count). The van der Waals surface area contributed by atoms with Gasteiger partial charge in [0.05, 0.1) is 6.04 Å². The SMILES string of the molecule is C#Cc1ccc(C(=O)N(c2nccc3scc(C)c23)[C@@H]2CCCN(C(=O)OC(C)(C)C)C2)nc1. The molecule has 2 amide bonds. The summed E-state index contributed by atoms with van der Waals surface area (Å²) in [6.07, 6.45) is 9.79. The predicted molar refractivity (Wildman–Crippen MR) is 134 cm³/mol. The van der Waals surface area contributed by atoms with Crippen LogP contribution in [-0.2, 0) is 4.74 Å². The van der Waals surface area contributed by atoms with E-state index in [-0.39, 0.29) is 23.7 Å². The van der Waals surface area contributed by atoms with E-state index in [1.54, 1.807) is 39.5 Å². The highest BCUT2D eigenvalue weighted by Crippen LogP contribution is 2.35. The van der Waals surface area contributed by atoms with Gasteiger partial charge in [0.25, 0.3) is 5.91 Å². The molecule has 1 atom stereocenters. The van der Waals surface area contributed by atoms with E-state index >= 15 is 0 Å². The first kappa shape index (κ1) is 23.7. The van der Waals surface area contributed by atoms with E-state index in [9.17, 15) is 9.59 Å². The molecule has 0 aromatic carbocycles. The highest BCUT2D eigenvalue weighted by Gasteiger charge is 2.36. The largest absolute Gasteiger partial charge is 0.444 e. The number of carbonyl (C=O) groups is 2. The molecular formula is C26H28N4O3S. The molecule has 176 valence electrons. The summed E-state index contributed by atoms with van der Waals surface area (Å²) >= 11 is 1.62. The smallest absolute Gasteiger partial charge is 0.410 e. The zero-order chi connectivity index (χ0) is 24.5. The van der Waals surface area contributed by atoms with Crippen LogP contribution in [-0.4, -0.2) is 51.6 Å². The molecule has 0 radical (unpaired) electrons. The Kier molecular flexibility index (Phi) is 6.58. The molecular weight excluding hydrogens is 448 g/mol. The van der Waals surface area contributed by atoms with E-state index in [1.165, 1.54) is 6.20 Å². The Bertz CT molecular complexity index is 1250. The number of fused-ring (bicyclic) bond motifs is 1. The summed E-state index contributed by atoms with van der Waals surface area (Å²) in [4.78, 5) is 39.0. The normalized spacial score (nSPS) is 16.2. The Labute approximate surface area is 203 Å². The summed E-state index contributed by atoms with van der Waals surface area (Å²) in [5.41, 5.74) is 1.34. The molecule has 0 unspecified atom stereocenters. The number of rotatable bonds is 3. The van der Waals surface area contributed by atoms with E-state index in [2.05, 4.69) is 21.3 Å². The molecule has 1 aliphatic rings. The molecule has 0 aliphatic carbocycles. The number of thiophene rings is 1. The maximum Gasteiger partial charge on any atom is 0.410 e. The number of hydrogen-bond acceptors (Lipinski definition) is 6. The number of terminal acetylenes is 1. The zero-order valence-electron chi connectivity index (χ0n) is 19.9. The number of carbonyl (C=O) groups excluding carboxylic acids is 2. The molecule has 8 heteroatoms. The van der Waals surface area contributed by atoms with Gasteiger partial charge in [-0.1, -0.05) is 5.92 Å². The second-order valence-electron chi connectivity index (χ2n) is 9.40. The highest BCUT2D eigenvalue weighted by atomic mass is 32.1. The average molecular weight is 477 g/mol. The number of ether oxygens (including phenoxy) is 1. The third kappa shape index (κ3) is 4.90. The fourth-order valence-corrected chi connectivity index (χ4v) is 5.05. The van der Waals surface area contributed by atoms with Crippen LogP contribution in [0.1, 0.15) is 55.2 Å². The van der Waals surface area contributed by atoms with Crippen molar-refractivity contribution < 1.29 is 14.3 Å². The first-order valence-electron chi connectivity index (χ1n) is 11.2. The molecule has 7 nitrogen and oxygen atoms in total. The van der Waals surface area contributed by atoms with Crippen LogP contribution in [0.5, 0.6) is 0 Å². The van der Waals surface area contributed by atoms with Crippen molar-refractivity contribution in [1.29, 1.82) is 0 Å². The average Bonchev–Trinajstić information content (AvgIpc) is 3.20. The van der Waals surface area contributed by atoms with Gasteiger partial charge in [-0.2, -0.15) is 0 Å². The third-order valence-electron chi connectivity index (χ3n) is 5.66. The molecule has 0 bridgehead atoms. The first-order valence-corrected chi connectivity index (χ1v) is 12.1. The van der Waals surface area contributed by atoms with Crippen molar-refractivity contribution in [2.75, 3.05) is 18.0 Å². The molecule has 4 heterocycles. The predicted octanol–water partition coefficient (Wildman–Crippen LogP) is 5.03. The molecule has 1 fully saturated rings. The topological polar surface area (TPSA) is 75.6 Å². The fourth-order valence-electron chi connectivity index (χ4n) is 4.12. The van der Waals surface area contributed by atoms with Gasteiger partial charge in [-0.05, 0) is 69.7 Å². The van der Waals surface area contributed by atoms with Crippen LogP contribution in [0.2, 0.25) is 0 Å². The van der Waals surface area contributed by atoms with E-state index in [4.69, 9.17) is 11.2 Å². The van der Waals surface area contributed by atoms with Crippen molar-refractivity contribution in [3.63, 3.8) is 0 Å². The number of anilines is 1. The van der Waals surface area contributed by atoms with Crippen LogP contribution in [0.15, 0.2) is 36.0 Å². The highest BCUT2D eigenvalue weighted by molar-refractivity contribution is 7.17. The van der Waals surface area contributed by atoms with Crippen molar-refractivity contribution in [3.8, 4) is 12.3 Å². The van der Waals surface area contributed by atoms with Crippen molar-refractivity contribution >= 4 is 39.2 Å². The number of nitrogens with zero attached hydrogens (tertiary/aromatic N) is 4. The van der Waals surface area contributed by atoms with E-state index < -0.39 is 5.60 Å². The van der Waals surface area contributed by atoms with Gasteiger partial charge in [-0.25, -0.2) is 14.8 Å². The second-order valence-corrected chi connectivity index (χ2v) is 10.3. The van der Waals surface area contributed by atoms with E-state index in [0.717, 1.165) is 28.5 Å². The maximum atomic E-state index is 13.9. The molecule has 0 spiro atoms. The zero-order valence-corrected chi connectivity index (χ0v) is 20.7. The summed E-state index contributed by atoms with van der Waals surface area (Å²) in [6.45, 7) is 8.48. The van der Waals surface area contributed by atoms with Gasteiger partial charge in [0.1, 0.15) is 17.1 Å². The number of hydrogen-bond donors (Lipinski definition) is 0. The first-order chi connectivity index (χ1) is 16.2. The van der Waals surface area contributed by atoms with Gasteiger partial charge in [0.15, 0.2) is 0 Å². The Morgan fingerprint density at radius 2 is 2.06 bits per heavy atom. The molecule has 1 aliphatic heterocycles. The fraction of sp³-hybridized carbons (Fsp3) is 0.385. The van der Waals surface area contributed by atoms with Crippen LogP contribution < -0.4 is 4.90 Å². The Balaban J connectivity index is 1.74. The number of aryl methyl sites for hydroxylation is 1. The monoisotopic (exact) mass is 476 g/mol. The molecule has 34 heavy (non-hydrogen) atoms. The van der Waals surface area contributed by atoms with Crippen LogP contribution in [0.25, 0.3) is 10.1 Å². The summed E-state index contributed by atoms with van der Waals surface area (Å²) in [5.74, 6) is 2.84. The molecule has 1 saturated heterocycles. The Morgan fingerprint density at radius 3 is 2.74 bits per heavy atom. The standard InChI is InChI=1S/C26H28N4O3S/c1-6-18-9-10-20(28-14-18)24(31)30(23-22-17(2)16-34-21(22)11-12-27-23)19-8-7-13-29(15-19)25(32)33-26(3,4)5/h1,9-12,14,16,19H,7-8,13,15H2,2-5H3/t19-/m1/s1. The maximum absolute atomic E-state index is 13.9. The van der Waals surface area contributed by atoms with Crippen LogP contribution in [0.3, 0.4) is 0 Å². The van der Waals surface area contributed by atoms with Crippen LogP contribution in [0, 0.1) is 19.3 Å². The number of amides is 2. The Morgan fingerprint density at radius 1 is 1.26 bits per heavy atom. The van der Waals surface area contributed by atoms with Crippen molar-refractivity contribution in [1.82, 2.24) is 14.9 Å². The van der Waals surface area contributed by atoms with Gasteiger partial charge in [-0.15, -0.1) is 17.8 Å². The lowest BCUT2D eigenvalue weighted by Crippen LogP contribution is -2.53. The van der Waals surface area contributed by atoms with Gasteiger partial charge in [0.2, 0.25) is 0 Å². The lowest BCUT2D eigenvalue weighted by atomic mass is 10.0.